The van der Waals surface area contributed by atoms with Gasteiger partial charge < -0.3 is 10.2 Å². The summed E-state index contributed by atoms with van der Waals surface area (Å²) in [5.74, 6) is 0.936. The average molecular weight is 360 g/mol. The molecule has 27 heavy (non-hydrogen) atoms. The summed E-state index contributed by atoms with van der Waals surface area (Å²) in [6.45, 7) is 6.83. The molecule has 1 amide bonds. The molecule has 3 rings (SSSR count). The number of benzene rings is 2. The van der Waals surface area contributed by atoms with Gasteiger partial charge >= 0.3 is 0 Å². The molecule has 5 nitrogen and oxygen atoms in total. The van der Waals surface area contributed by atoms with Crippen LogP contribution in [0.25, 0.3) is 0 Å². The molecule has 0 saturated heterocycles. The van der Waals surface area contributed by atoms with Crippen molar-refractivity contribution in [3.05, 3.63) is 78.2 Å². The zero-order valence-corrected chi connectivity index (χ0v) is 15.9. The first-order chi connectivity index (χ1) is 13.1. The molecule has 0 radical (unpaired) electrons. The van der Waals surface area contributed by atoms with E-state index in [0.717, 1.165) is 11.4 Å². The van der Waals surface area contributed by atoms with Gasteiger partial charge in [-0.05, 0) is 42.7 Å². The van der Waals surface area contributed by atoms with Crippen molar-refractivity contribution in [2.75, 3.05) is 16.8 Å². The number of hydrogen-bond donors (Lipinski definition) is 1. The Labute approximate surface area is 160 Å². The number of anilines is 3. The van der Waals surface area contributed by atoms with E-state index >= 15 is 0 Å². The van der Waals surface area contributed by atoms with Crippen LogP contribution in [0.5, 0.6) is 0 Å². The molecular formula is C22H24N4O. The lowest BCUT2D eigenvalue weighted by Gasteiger charge is -2.20. The van der Waals surface area contributed by atoms with E-state index in [1.54, 1.807) is 11.1 Å². The van der Waals surface area contributed by atoms with E-state index in [2.05, 4.69) is 41.3 Å². The van der Waals surface area contributed by atoms with Gasteiger partial charge in [0.25, 0.3) is 5.91 Å². The average Bonchev–Trinajstić information content (AvgIpc) is 2.70. The molecule has 0 unspecified atom stereocenters. The van der Waals surface area contributed by atoms with Gasteiger partial charge in [0.1, 0.15) is 11.5 Å². The number of amides is 1. The van der Waals surface area contributed by atoms with Gasteiger partial charge in [0, 0.05) is 17.9 Å². The van der Waals surface area contributed by atoms with Gasteiger partial charge in [-0.3, -0.25) is 4.79 Å². The first kappa shape index (κ1) is 18.6. The van der Waals surface area contributed by atoms with Gasteiger partial charge in [-0.1, -0.05) is 44.2 Å². The Morgan fingerprint density at radius 2 is 1.70 bits per heavy atom. The van der Waals surface area contributed by atoms with Crippen LogP contribution in [-0.4, -0.2) is 22.4 Å². The van der Waals surface area contributed by atoms with Gasteiger partial charge in [0.05, 0.1) is 12.4 Å². The molecule has 0 aliphatic heterocycles. The molecule has 1 heterocycles. The van der Waals surface area contributed by atoms with Gasteiger partial charge in [-0.15, -0.1) is 0 Å². The summed E-state index contributed by atoms with van der Waals surface area (Å²) in [5.41, 5.74) is 3.39. The Morgan fingerprint density at radius 1 is 1.00 bits per heavy atom. The molecule has 0 spiro atoms. The fourth-order valence-corrected chi connectivity index (χ4v) is 2.79. The predicted molar refractivity (Wildman–Crippen MR) is 110 cm³/mol. The quantitative estimate of drug-likeness (QED) is 0.671. The molecular weight excluding hydrogens is 336 g/mol. The summed E-state index contributed by atoms with van der Waals surface area (Å²) in [6.07, 6.45) is 3.10. The zero-order valence-electron chi connectivity index (χ0n) is 15.9. The lowest BCUT2D eigenvalue weighted by molar-refractivity contribution is 0.0983. The molecule has 5 heteroatoms. The Balaban J connectivity index is 1.71. The molecule has 0 fully saturated rings. The van der Waals surface area contributed by atoms with Gasteiger partial charge in [0.2, 0.25) is 0 Å². The number of aromatic nitrogens is 2. The Kier molecular flexibility index (Phi) is 5.81. The van der Waals surface area contributed by atoms with Crippen LogP contribution in [0.3, 0.4) is 0 Å². The third-order valence-electron chi connectivity index (χ3n) is 4.35. The highest BCUT2D eigenvalue weighted by Gasteiger charge is 2.17. The largest absolute Gasteiger partial charge is 0.339 e. The summed E-state index contributed by atoms with van der Waals surface area (Å²) >= 11 is 0. The van der Waals surface area contributed by atoms with E-state index in [1.807, 2.05) is 49.4 Å². The molecule has 0 aliphatic rings. The van der Waals surface area contributed by atoms with Crippen LogP contribution in [0.1, 0.15) is 42.7 Å². The topological polar surface area (TPSA) is 58.1 Å². The third-order valence-corrected chi connectivity index (χ3v) is 4.35. The van der Waals surface area contributed by atoms with Crippen molar-refractivity contribution in [1.82, 2.24) is 9.97 Å². The lowest BCUT2D eigenvalue weighted by Crippen LogP contribution is -2.31. The molecule has 0 atom stereocenters. The molecule has 0 bridgehead atoms. The Morgan fingerprint density at radius 3 is 2.26 bits per heavy atom. The molecule has 138 valence electrons. The normalized spacial score (nSPS) is 10.7. The maximum Gasteiger partial charge on any atom is 0.278 e. The van der Waals surface area contributed by atoms with E-state index in [0.29, 0.717) is 24.0 Å². The van der Waals surface area contributed by atoms with Crippen molar-refractivity contribution >= 4 is 23.1 Å². The fraction of sp³-hybridized carbons (Fsp3) is 0.227. The van der Waals surface area contributed by atoms with Crippen LogP contribution in [0.15, 0.2) is 67.0 Å². The van der Waals surface area contributed by atoms with Crippen molar-refractivity contribution in [3.8, 4) is 0 Å². The standard InChI is InChI=1S/C22H24N4O/c1-4-26(19-8-6-5-7-9-19)22(27)20-14-24-21(15-23-20)25-18-12-10-17(11-13-18)16(2)3/h5-16H,4H2,1-3H3,(H,24,25). The van der Waals surface area contributed by atoms with Gasteiger partial charge in [0.15, 0.2) is 0 Å². The predicted octanol–water partition coefficient (Wildman–Crippen LogP) is 5.01. The maximum atomic E-state index is 12.8. The van der Waals surface area contributed by atoms with Crippen LogP contribution >= 0.6 is 0 Å². The Hall–Kier alpha value is -3.21. The number of hydrogen-bond acceptors (Lipinski definition) is 4. The maximum absolute atomic E-state index is 12.8. The minimum absolute atomic E-state index is 0.163. The number of carbonyl (C=O) groups excluding carboxylic acids is 1. The van der Waals surface area contributed by atoms with Crippen LogP contribution in [0.4, 0.5) is 17.2 Å². The Bertz CT molecular complexity index is 874. The van der Waals surface area contributed by atoms with Crippen molar-refractivity contribution in [2.24, 2.45) is 0 Å². The van der Waals surface area contributed by atoms with E-state index < -0.39 is 0 Å². The molecule has 1 aromatic heterocycles. The number of nitrogens with one attached hydrogen (secondary N) is 1. The van der Waals surface area contributed by atoms with Crippen molar-refractivity contribution in [1.29, 1.82) is 0 Å². The van der Waals surface area contributed by atoms with Crippen molar-refractivity contribution < 1.29 is 4.79 Å². The first-order valence-electron chi connectivity index (χ1n) is 9.14. The van der Waals surface area contributed by atoms with Crippen LogP contribution < -0.4 is 10.2 Å². The smallest absolute Gasteiger partial charge is 0.278 e. The second kappa shape index (κ2) is 8.45. The summed E-state index contributed by atoms with van der Waals surface area (Å²) in [5, 5.41) is 3.21. The molecule has 1 N–H and O–H groups in total. The second-order valence-corrected chi connectivity index (χ2v) is 6.57. The van der Waals surface area contributed by atoms with Crippen LogP contribution in [0, 0.1) is 0 Å². The van der Waals surface area contributed by atoms with Gasteiger partial charge in [-0.2, -0.15) is 0 Å². The minimum atomic E-state index is -0.163. The summed E-state index contributed by atoms with van der Waals surface area (Å²) < 4.78 is 0. The number of carbonyl (C=O) groups is 1. The minimum Gasteiger partial charge on any atom is -0.339 e. The monoisotopic (exact) mass is 360 g/mol. The highest BCUT2D eigenvalue weighted by molar-refractivity contribution is 6.04. The number of para-hydroxylation sites is 1. The van der Waals surface area contributed by atoms with E-state index in [9.17, 15) is 4.79 Å². The summed E-state index contributed by atoms with van der Waals surface area (Å²) in [4.78, 5) is 23.1. The molecule has 2 aromatic carbocycles. The lowest BCUT2D eigenvalue weighted by atomic mass is 10.0. The highest BCUT2D eigenvalue weighted by Crippen LogP contribution is 2.20. The van der Waals surface area contributed by atoms with E-state index in [1.165, 1.54) is 11.8 Å². The van der Waals surface area contributed by atoms with Gasteiger partial charge in [-0.25, -0.2) is 9.97 Å². The highest BCUT2D eigenvalue weighted by atomic mass is 16.2. The molecule has 0 saturated carbocycles. The first-order valence-corrected chi connectivity index (χ1v) is 9.14. The fourth-order valence-electron chi connectivity index (χ4n) is 2.79. The zero-order chi connectivity index (χ0) is 19.2. The molecule has 3 aromatic rings. The van der Waals surface area contributed by atoms with Crippen molar-refractivity contribution in [2.45, 2.75) is 26.7 Å². The van der Waals surface area contributed by atoms with Crippen LogP contribution in [0.2, 0.25) is 0 Å². The second-order valence-electron chi connectivity index (χ2n) is 6.57. The number of nitrogens with zero attached hydrogens (tertiary/aromatic N) is 3. The van der Waals surface area contributed by atoms with E-state index in [4.69, 9.17) is 0 Å². The van der Waals surface area contributed by atoms with Crippen LogP contribution in [-0.2, 0) is 0 Å². The van der Waals surface area contributed by atoms with E-state index in [-0.39, 0.29) is 5.91 Å². The third kappa shape index (κ3) is 4.50. The summed E-state index contributed by atoms with van der Waals surface area (Å²) in [6, 6.07) is 17.8. The number of rotatable bonds is 6. The molecule has 0 aliphatic carbocycles. The van der Waals surface area contributed by atoms with Crippen molar-refractivity contribution in [3.63, 3.8) is 0 Å². The SMILES string of the molecule is CCN(C(=O)c1cnc(Nc2ccc(C(C)C)cc2)cn1)c1ccccc1. The summed E-state index contributed by atoms with van der Waals surface area (Å²) in [7, 11) is 0.